The summed E-state index contributed by atoms with van der Waals surface area (Å²) in [6.45, 7) is 2.26. The summed E-state index contributed by atoms with van der Waals surface area (Å²) >= 11 is 0. The van der Waals surface area contributed by atoms with Crippen LogP contribution in [0.2, 0.25) is 0 Å². The van der Waals surface area contributed by atoms with Gasteiger partial charge < -0.3 is 0 Å². The van der Waals surface area contributed by atoms with E-state index < -0.39 is 5.95 Å². The first kappa shape index (κ1) is 14.1. The number of rotatable bonds is 3. The van der Waals surface area contributed by atoms with Gasteiger partial charge in [0.05, 0.1) is 0 Å². The summed E-state index contributed by atoms with van der Waals surface area (Å²) in [5, 5.41) is 0. The van der Waals surface area contributed by atoms with Gasteiger partial charge in [-0.15, -0.1) is 0 Å². The molecule has 1 aromatic heterocycles. The lowest BCUT2D eigenvalue weighted by Crippen LogP contribution is -2.13. The molecule has 102 valence electrons. The Labute approximate surface area is 115 Å². The highest BCUT2D eigenvalue weighted by molar-refractivity contribution is 5.31. The largest absolute Gasteiger partial charge is 0.227 e. The maximum Gasteiger partial charge on any atom is 0.212 e. The number of aromatic nitrogens is 1. The average molecular weight is 259 g/mol. The zero-order valence-corrected chi connectivity index (χ0v) is 11.7. The van der Waals surface area contributed by atoms with E-state index in [1.807, 2.05) is 0 Å². The second-order valence-electron chi connectivity index (χ2n) is 5.50. The molecule has 1 aromatic rings. The van der Waals surface area contributed by atoms with Crippen LogP contribution in [0.5, 0.6) is 0 Å². The standard InChI is InChI=1S/C17H22FN/c1-2-3-4-14-5-7-15(8-6-14)9-10-16-11-12-17(18)19-13-16/h11-15H,2-8H2,1H3. The molecule has 0 atom stereocenters. The van der Waals surface area contributed by atoms with E-state index in [0.29, 0.717) is 5.92 Å². The van der Waals surface area contributed by atoms with Gasteiger partial charge in [0.25, 0.3) is 0 Å². The fourth-order valence-electron chi connectivity index (χ4n) is 2.72. The molecule has 0 bridgehead atoms. The van der Waals surface area contributed by atoms with Crippen molar-refractivity contribution in [1.82, 2.24) is 4.98 Å². The Morgan fingerprint density at radius 1 is 1.26 bits per heavy atom. The molecule has 0 aliphatic heterocycles. The van der Waals surface area contributed by atoms with Crippen molar-refractivity contribution in [3.63, 3.8) is 0 Å². The minimum Gasteiger partial charge on any atom is -0.227 e. The van der Waals surface area contributed by atoms with Gasteiger partial charge in [-0.3, -0.25) is 0 Å². The van der Waals surface area contributed by atoms with E-state index in [1.54, 1.807) is 6.07 Å². The highest BCUT2D eigenvalue weighted by Gasteiger charge is 2.19. The molecule has 0 aromatic carbocycles. The SMILES string of the molecule is CCCCC1CCC(C#Cc2ccc(F)nc2)CC1. The third kappa shape index (κ3) is 4.67. The van der Waals surface area contributed by atoms with Crippen molar-refractivity contribution in [3.05, 3.63) is 29.8 Å². The Balaban J connectivity index is 1.81. The third-order valence-electron chi connectivity index (χ3n) is 3.96. The molecule has 1 saturated carbocycles. The third-order valence-corrected chi connectivity index (χ3v) is 3.96. The van der Waals surface area contributed by atoms with Crippen molar-refractivity contribution < 1.29 is 4.39 Å². The minimum atomic E-state index is -0.443. The summed E-state index contributed by atoms with van der Waals surface area (Å²) < 4.78 is 12.7. The Hall–Kier alpha value is -1.36. The molecule has 1 nitrogen and oxygen atoms in total. The Morgan fingerprint density at radius 3 is 2.68 bits per heavy atom. The highest BCUT2D eigenvalue weighted by atomic mass is 19.1. The first-order valence-corrected chi connectivity index (χ1v) is 7.41. The molecule has 0 N–H and O–H groups in total. The summed E-state index contributed by atoms with van der Waals surface area (Å²) in [4.78, 5) is 3.62. The van der Waals surface area contributed by atoms with E-state index in [9.17, 15) is 4.39 Å². The molecular formula is C17H22FN. The number of nitrogens with zero attached hydrogens (tertiary/aromatic N) is 1. The molecule has 19 heavy (non-hydrogen) atoms. The van der Waals surface area contributed by atoms with E-state index in [0.717, 1.165) is 11.5 Å². The first-order chi connectivity index (χ1) is 9.28. The van der Waals surface area contributed by atoms with E-state index >= 15 is 0 Å². The van der Waals surface area contributed by atoms with Gasteiger partial charge in [0.1, 0.15) is 0 Å². The van der Waals surface area contributed by atoms with Crippen LogP contribution in [0.4, 0.5) is 4.39 Å². The molecule has 0 unspecified atom stereocenters. The van der Waals surface area contributed by atoms with Crippen LogP contribution < -0.4 is 0 Å². The molecule has 1 aliphatic rings. The fraction of sp³-hybridized carbons (Fsp3) is 0.588. The van der Waals surface area contributed by atoms with Crippen LogP contribution in [-0.2, 0) is 0 Å². The maximum absolute atomic E-state index is 12.7. The quantitative estimate of drug-likeness (QED) is 0.572. The van der Waals surface area contributed by atoms with Crippen LogP contribution in [0.25, 0.3) is 0 Å². The Morgan fingerprint density at radius 2 is 2.05 bits per heavy atom. The van der Waals surface area contributed by atoms with Crippen LogP contribution >= 0.6 is 0 Å². The molecule has 1 aliphatic carbocycles. The van der Waals surface area contributed by atoms with Gasteiger partial charge in [0, 0.05) is 17.7 Å². The molecule has 2 rings (SSSR count). The molecule has 0 radical (unpaired) electrons. The number of pyridine rings is 1. The molecule has 0 spiro atoms. The van der Waals surface area contributed by atoms with E-state index in [1.165, 1.54) is 57.2 Å². The zero-order chi connectivity index (χ0) is 13.5. The van der Waals surface area contributed by atoms with Crippen molar-refractivity contribution in [2.75, 3.05) is 0 Å². The predicted molar refractivity (Wildman–Crippen MR) is 76.0 cm³/mol. The van der Waals surface area contributed by atoms with Crippen molar-refractivity contribution in [1.29, 1.82) is 0 Å². The summed E-state index contributed by atoms with van der Waals surface area (Å²) in [7, 11) is 0. The predicted octanol–water partition coefficient (Wildman–Crippen LogP) is 4.57. The smallest absolute Gasteiger partial charge is 0.212 e. The summed E-state index contributed by atoms with van der Waals surface area (Å²) in [6.07, 6.45) is 10.6. The van der Waals surface area contributed by atoms with Gasteiger partial charge in [-0.1, -0.05) is 38.0 Å². The van der Waals surface area contributed by atoms with Crippen molar-refractivity contribution >= 4 is 0 Å². The van der Waals surface area contributed by atoms with E-state index in [4.69, 9.17) is 0 Å². The van der Waals surface area contributed by atoms with Crippen LogP contribution in [-0.4, -0.2) is 4.98 Å². The zero-order valence-electron chi connectivity index (χ0n) is 11.7. The monoisotopic (exact) mass is 259 g/mol. The van der Waals surface area contributed by atoms with Crippen LogP contribution in [0.15, 0.2) is 18.3 Å². The lowest BCUT2D eigenvalue weighted by Gasteiger charge is -2.25. The topological polar surface area (TPSA) is 12.9 Å². The van der Waals surface area contributed by atoms with Crippen molar-refractivity contribution in [2.24, 2.45) is 11.8 Å². The molecule has 2 heteroatoms. The maximum atomic E-state index is 12.7. The summed E-state index contributed by atoms with van der Waals surface area (Å²) in [6, 6.07) is 3.06. The van der Waals surface area contributed by atoms with Gasteiger partial charge >= 0.3 is 0 Å². The van der Waals surface area contributed by atoms with Gasteiger partial charge in [-0.2, -0.15) is 4.39 Å². The lowest BCUT2D eigenvalue weighted by atomic mass is 9.80. The van der Waals surface area contributed by atoms with E-state index in [-0.39, 0.29) is 0 Å². The number of hydrogen-bond donors (Lipinski definition) is 0. The molecule has 0 saturated heterocycles. The molecule has 1 fully saturated rings. The first-order valence-electron chi connectivity index (χ1n) is 7.41. The van der Waals surface area contributed by atoms with E-state index in [2.05, 4.69) is 23.7 Å². The fourth-order valence-corrected chi connectivity index (χ4v) is 2.72. The average Bonchev–Trinajstić information content (AvgIpc) is 2.46. The highest BCUT2D eigenvalue weighted by Crippen LogP contribution is 2.31. The lowest BCUT2D eigenvalue weighted by molar-refractivity contribution is 0.296. The van der Waals surface area contributed by atoms with Crippen LogP contribution in [0, 0.1) is 29.6 Å². The molecular weight excluding hydrogens is 237 g/mol. The number of hydrogen-bond acceptors (Lipinski definition) is 1. The summed E-state index contributed by atoms with van der Waals surface area (Å²) in [5.74, 6) is 7.44. The van der Waals surface area contributed by atoms with Crippen LogP contribution in [0.1, 0.15) is 57.4 Å². The number of unbranched alkanes of at least 4 members (excludes halogenated alkanes) is 1. The second kappa shape index (κ2) is 7.28. The van der Waals surface area contributed by atoms with Crippen LogP contribution in [0.3, 0.4) is 0 Å². The van der Waals surface area contributed by atoms with Crippen molar-refractivity contribution in [2.45, 2.75) is 51.9 Å². The van der Waals surface area contributed by atoms with Gasteiger partial charge in [0.15, 0.2) is 0 Å². The normalized spacial score (nSPS) is 22.6. The van der Waals surface area contributed by atoms with Gasteiger partial charge in [-0.05, 0) is 43.7 Å². The number of halogens is 1. The summed E-state index contributed by atoms with van der Waals surface area (Å²) in [5.41, 5.74) is 0.814. The Bertz CT molecular complexity index is 433. The minimum absolute atomic E-state index is 0.443. The Kier molecular flexibility index (Phi) is 5.39. The molecule has 0 amide bonds. The molecule has 1 heterocycles. The second-order valence-corrected chi connectivity index (χ2v) is 5.50. The van der Waals surface area contributed by atoms with Gasteiger partial charge in [-0.25, -0.2) is 4.98 Å². The van der Waals surface area contributed by atoms with Crippen molar-refractivity contribution in [3.8, 4) is 11.8 Å². The van der Waals surface area contributed by atoms with Gasteiger partial charge in [0.2, 0.25) is 5.95 Å².